The normalized spacial score (nSPS) is 13.0. The van der Waals surface area contributed by atoms with Crippen LogP contribution in [0.5, 0.6) is 5.75 Å². The Labute approximate surface area is 143 Å². The zero-order valence-corrected chi connectivity index (χ0v) is 14.3. The summed E-state index contributed by atoms with van der Waals surface area (Å²) in [5.41, 5.74) is 0.401. The molecule has 1 aromatic carbocycles. The number of esters is 2. The smallest absolute Gasteiger partial charge is 0.469 e. The van der Waals surface area contributed by atoms with Gasteiger partial charge in [-0.3, -0.25) is 4.79 Å². The molecule has 0 saturated carbocycles. The van der Waals surface area contributed by atoms with Gasteiger partial charge in [-0.05, 0) is 24.1 Å². The quantitative estimate of drug-likeness (QED) is 0.779. The first kappa shape index (κ1) is 22.7. The largest absolute Gasteiger partial charge is 0.573 e. The number of ether oxygens (including phenoxy) is 3. The topological polar surface area (TPSA) is 82.1 Å². The van der Waals surface area contributed by atoms with Crippen LogP contribution in [0, 0.1) is 5.92 Å². The van der Waals surface area contributed by atoms with E-state index in [-0.39, 0.29) is 6.42 Å². The first-order chi connectivity index (χ1) is 11.7. The van der Waals surface area contributed by atoms with Gasteiger partial charge in [0.25, 0.3) is 0 Å². The number of hydrogen-bond donors (Lipinski definition) is 1. The Kier molecular flexibility index (Phi) is 9.58. The lowest BCUT2D eigenvalue weighted by molar-refractivity contribution is -0.274. The number of alkyl halides is 3. The van der Waals surface area contributed by atoms with Gasteiger partial charge in [0.05, 0.1) is 20.1 Å². The van der Waals surface area contributed by atoms with Gasteiger partial charge in [-0.15, -0.1) is 13.2 Å². The van der Waals surface area contributed by atoms with Crippen LogP contribution >= 0.6 is 0 Å². The number of halogens is 3. The van der Waals surface area contributed by atoms with E-state index in [4.69, 9.17) is 0 Å². The SMILES string of the molecule is CC.COC(=O)C(O)C(Cc1ccc(OC(F)(F)F)cc1)C(=O)OC. The highest BCUT2D eigenvalue weighted by Crippen LogP contribution is 2.24. The molecule has 0 amide bonds. The van der Waals surface area contributed by atoms with Crippen LogP contribution in [0.3, 0.4) is 0 Å². The third-order valence-electron chi connectivity index (χ3n) is 2.94. The summed E-state index contributed by atoms with van der Waals surface area (Å²) in [6, 6.07) is 4.67. The maximum Gasteiger partial charge on any atom is 0.573 e. The lowest BCUT2D eigenvalue weighted by atomic mass is 9.94. The number of aliphatic hydroxyl groups is 1. The molecule has 0 spiro atoms. The fraction of sp³-hybridized carbons (Fsp3) is 0.500. The third-order valence-corrected chi connectivity index (χ3v) is 2.94. The fourth-order valence-electron chi connectivity index (χ4n) is 1.84. The van der Waals surface area contributed by atoms with Crippen LogP contribution in [-0.4, -0.2) is 43.7 Å². The third kappa shape index (κ3) is 7.88. The summed E-state index contributed by atoms with van der Waals surface area (Å²) in [5.74, 6) is -3.54. The van der Waals surface area contributed by atoms with E-state index in [1.54, 1.807) is 0 Å². The molecule has 1 N–H and O–H groups in total. The molecule has 0 fully saturated rings. The van der Waals surface area contributed by atoms with E-state index in [2.05, 4.69) is 14.2 Å². The Morgan fingerprint density at radius 1 is 1.04 bits per heavy atom. The number of carbonyl (C=O) groups is 2. The molecule has 2 atom stereocenters. The Hall–Kier alpha value is -2.29. The van der Waals surface area contributed by atoms with Crippen molar-refractivity contribution in [1.29, 1.82) is 0 Å². The summed E-state index contributed by atoms with van der Waals surface area (Å²) >= 11 is 0. The Morgan fingerprint density at radius 3 is 1.92 bits per heavy atom. The summed E-state index contributed by atoms with van der Waals surface area (Å²) in [4.78, 5) is 23.0. The molecule has 142 valence electrons. The maximum atomic E-state index is 12.1. The molecular formula is C16H21F3O6. The van der Waals surface area contributed by atoms with Crippen LogP contribution in [0.25, 0.3) is 0 Å². The van der Waals surface area contributed by atoms with E-state index in [1.165, 1.54) is 12.1 Å². The van der Waals surface area contributed by atoms with Gasteiger partial charge < -0.3 is 19.3 Å². The van der Waals surface area contributed by atoms with E-state index >= 15 is 0 Å². The van der Waals surface area contributed by atoms with Gasteiger partial charge in [-0.25, -0.2) is 4.79 Å². The average molecular weight is 366 g/mol. The molecular weight excluding hydrogens is 345 g/mol. The minimum atomic E-state index is -4.81. The zero-order valence-electron chi connectivity index (χ0n) is 14.3. The van der Waals surface area contributed by atoms with E-state index in [9.17, 15) is 27.9 Å². The van der Waals surface area contributed by atoms with Gasteiger partial charge in [-0.1, -0.05) is 26.0 Å². The lowest BCUT2D eigenvalue weighted by Gasteiger charge is -2.19. The number of hydrogen-bond acceptors (Lipinski definition) is 6. The van der Waals surface area contributed by atoms with Crippen molar-refractivity contribution in [2.45, 2.75) is 32.7 Å². The van der Waals surface area contributed by atoms with Crippen molar-refractivity contribution in [3.05, 3.63) is 29.8 Å². The second kappa shape index (κ2) is 10.5. The maximum absolute atomic E-state index is 12.1. The molecule has 0 heterocycles. The molecule has 0 radical (unpaired) electrons. The fourth-order valence-corrected chi connectivity index (χ4v) is 1.84. The van der Waals surface area contributed by atoms with Crippen LogP contribution in [0.1, 0.15) is 19.4 Å². The Balaban J connectivity index is 0.00000277. The molecule has 25 heavy (non-hydrogen) atoms. The van der Waals surface area contributed by atoms with E-state index < -0.39 is 36.1 Å². The number of aliphatic hydroxyl groups excluding tert-OH is 1. The van der Waals surface area contributed by atoms with E-state index in [0.717, 1.165) is 26.4 Å². The number of benzene rings is 1. The van der Waals surface area contributed by atoms with E-state index in [1.807, 2.05) is 13.8 Å². The number of carbonyl (C=O) groups excluding carboxylic acids is 2. The number of methoxy groups -OCH3 is 2. The minimum absolute atomic E-state index is 0.130. The Bertz CT molecular complexity index is 542. The highest BCUT2D eigenvalue weighted by Gasteiger charge is 2.34. The van der Waals surface area contributed by atoms with Gasteiger partial charge in [-0.2, -0.15) is 0 Å². The Morgan fingerprint density at radius 2 is 1.52 bits per heavy atom. The van der Waals surface area contributed by atoms with Crippen LogP contribution < -0.4 is 4.74 Å². The molecule has 0 bridgehead atoms. The molecule has 0 saturated heterocycles. The van der Waals surface area contributed by atoms with E-state index in [0.29, 0.717) is 5.56 Å². The molecule has 0 aliphatic heterocycles. The van der Waals surface area contributed by atoms with Crippen molar-refractivity contribution in [2.75, 3.05) is 14.2 Å². The van der Waals surface area contributed by atoms with Crippen LogP contribution in [0.4, 0.5) is 13.2 Å². The molecule has 0 aromatic heterocycles. The van der Waals surface area contributed by atoms with Gasteiger partial charge in [0, 0.05) is 0 Å². The summed E-state index contributed by atoms with van der Waals surface area (Å²) in [5, 5.41) is 9.80. The molecule has 1 aromatic rings. The van der Waals surface area contributed by atoms with Gasteiger partial charge in [0.1, 0.15) is 5.75 Å². The van der Waals surface area contributed by atoms with Crippen molar-refractivity contribution < 1.29 is 42.1 Å². The summed E-state index contributed by atoms with van der Waals surface area (Å²) in [7, 11) is 2.13. The first-order valence-corrected chi connectivity index (χ1v) is 7.36. The summed E-state index contributed by atoms with van der Waals surface area (Å²) in [6.07, 6.45) is -6.69. The van der Waals surface area contributed by atoms with Gasteiger partial charge >= 0.3 is 18.3 Å². The molecule has 0 aliphatic rings. The first-order valence-electron chi connectivity index (χ1n) is 7.36. The van der Waals surface area contributed by atoms with Crippen molar-refractivity contribution in [2.24, 2.45) is 5.92 Å². The average Bonchev–Trinajstić information content (AvgIpc) is 2.59. The second-order valence-electron chi connectivity index (χ2n) is 4.49. The van der Waals surface area contributed by atoms with Gasteiger partial charge in [0.2, 0.25) is 0 Å². The predicted molar refractivity (Wildman–Crippen MR) is 81.7 cm³/mol. The molecule has 6 nitrogen and oxygen atoms in total. The molecule has 0 aliphatic carbocycles. The number of rotatable bonds is 6. The van der Waals surface area contributed by atoms with Crippen molar-refractivity contribution in [3.63, 3.8) is 0 Å². The van der Waals surface area contributed by atoms with Crippen LogP contribution in [-0.2, 0) is 25.5 Å². The zero-order chi connectivity index (χ0) is 19.6. The predicted octanol–water partition coefficient (Wildman–Crippen LogP) is 2.48. The van der Waals surface area contributed by atoms with Crippen LogP contribution in [0.15, 0.2) is 24.3 Å². The summed E-state index contributed by atoms with van der Waals surface area (Å²) in [6.45, 7) is 4.00. The van der Waals surface area contributed by atoms with Crippen molar-refractivity contribution in [1.82, 2.24) is 0 Å². The van der Waals surface area contributed by atoms with Crippen molar-refractivity contribution in [3.8, 4) is 5.75 Å². The standard InChI is InChI=1S/C14H15F3O6.C2H6/c1-21-12(19)10(11(18)13(20)22-2)7-8-3-5-9(6-4-8)23-14(15,16)17;1-2/h3-6,10-11,18H,7H2,1-2H3;1-2H3. The summed E-state index contributed by atoms with van der Waals surface area (Å²) < 4.78 is 48.8. The molecule has 9 heteroatoms. The molecule has 1 rings (SSSR count). The highest BCUT2D eigenvalue weighted by molar-refractivity contribution is 5.83. The highest BCUT2D eigenvalue weighted by atomic mass is 19.4. The van der Waals surface area contributed by atoms with Gasteiger partial charge in [0.15, 0.2) is 6.10 Å². The van der Waals surface area contributed by atoms with Crippen molar-refractivity contribution >= 4 is 11.9 Å². The molecule has 2 unspecified atom stereocenters. The lowest BCUT2D eigenvalue weighted by Crippen LogP contribution is -2.37. The van der Waals surface area contributed by atoms with Crippen LogP contribution in [0.2, 0.25) is 0 Å². The minimum Gasteiger partial charge on any atom is -0.469 e. The monoisotopic (exact) mass is 366 g/mol. The second-order valence-corrected chi connectivity index (χ2v) is 4.49.